The van der Waals surface area contributed by atoms with Gasteiger partial charge in [0, 0.05) is 5.57 Å². The van der Waals surface area contributed by atoms with Gasteiger partial charge in [-0.1, -0.05) is 47.7 Å². The zero-order valence-corrected chi connectivity index (χ0v) is 17.6. The number of carbonyl (C=O) groups excluding carboxylic acids is 2. The molecule has 1 heterocycles. The number of amides is 1. The molecule has 5 nitrogen and oxygen atoms in total. The summed E-state index contributed by atoms with van der Waals surface area (Å²) in [6.45, 7) is 8.97. The van der Waals surface area contributed by atoms with Gasteiger partial charge in [-0.05, 0) is 44.0 Å². The molecule has 0 radical (unpaired) electrons. The van der Waals surface area contributed by atoms with Crippen LogP contribution in [0.4, 0.5) is 4.39 Å². The van der Waals surface area contributed by atoms with Gasteiger partial charge in [-0.25, -0.2) is 4.39 Å². The highest BCUT2D eigenvalue weighted by atomic mass is 19.1. The summed E-state index contributed by atoms with van der Waals surface area (Å²) in [5.41, 5.74) is 1.89. The maximum atomic E-state index is 13.3. The molecule has 6 heteroatoms. The van der Waals surface area contributed by atoms with Gasteiger partial charge in [-0.3, -0.25) is 9.59 Å². The van der Waals surface area contributed by atoms with Crippen LogP contribution in [0.3, 0.4) is 0 Å². The van der Waals surface area contributed by atoms with Crippen LogP contribution in [0.2, 0.25) is 0 Å². The number of ketones is 1. The second kappa shape index (κ2) is 9.22. The van der Waals surface area contributed by atoms with E-state index in [1.54, 1.807) is 0 Å². The van der Waals surface area contributed by atoms with Gasteiger partial charge in [0.1, 0.15) is 5.82 Å². The smallest absolute Gasteiger partial charge is 0.295 e. The fourth-order valence-electron chi connectivity index (χ4n) is 3.84. The van der Waals surface area contributed by atoms with Crippen molar-refractivity contribution in [2.45, 2.75) is 26.8 Å². The average molecular weight is 410 g/mol. The second-order valence-electron chi connectivity index (χ2n) is 7.60. The SMILES string of the molecule is CC[NH+](CC)CCN1C(=O)C(=O)/C(=C(/[O-])c2ccc(F)cc2)C1c1ccc(C)cc1. The van der Waals surface area contributed by atoms with Crippen molar-refractivity contribution in [2.24, 2.45) is 0 Å². The van der Waals surface area contributed by atoms with E-state index in [1.165, 1.54) is 34.1 Å². The number of halogens is 1. The minimum absolute atomic E-state index is 0.0648. The van der Waals surface area contributed by atoms with Crippen LogP contribution in [0.1, 0.15) is 36.6 Å². The molecule has 3 rings (SSSR count). The number of likely N-dealkylation sites (tertiary alicyclic amines) is 1. The lowest BCUT2D eigenvalue weighted by molar-refractivity contribution is -0.895. The fraction of sp³-hybridized carbons (Fsp3) is 0.333. The first-order valence-electron chi connectivity index (χ1n) is 10.3. The first-order valence-corrected chi connectivity index (χ1v) is 10.3. The topological polar surface area (TPSA) is 64.9 Å². The summed E-state index contributed by atoms with van der Waals surface area (Å²) in [6.07, 6.45) is 0. The minimum atomic E-state index is -0.774. The van der Waals surface area contributed by atoms with Crippen molar-refractivity contribution in [2.75, 3.05) is 26.2 Å². The van der Waals surface area contributed by atoms with E-state index in [9.17, 15) is 19.1 Å². The Balaban J connectivity index is 2.08. The Bertz CT molecular complexity index is 947. The number of rotatable bonds is 7. The normalized spacial score (nSPS) is 18.4. The van der Waals surface area contributed by atoms with E-state index < -0.39 is 29.3 Å². The Morgan fingerprint density at radius 2 is 1.63 bits per heavy atom. The van der Waals surface area contributed by atoms with Crippen molar-refractivity contribution >= 4 is 17.4 Å². The van der Waals surface area contributed by atoms with E-state index in [-0.39, 0.29) is 11.1 Å². The summed E-state index contributed by atoms with van der Waals surface area (Å²) >= 11 is 0. The maximum absolute atomic E-state index is 13.3. The average Bonchev–Trinajstić information content (AvgIpc) is 3.00. The largest absolute Gasteiger partial charge is 0.872 e. The minimum Gasteiger partial charge on any atom is -0.872 e. The van der Waals surface area contributed by atoms with Gasteiger partial charge in [-0.2, -0.15) is 0 Å². The summed E-state index contributed by atoms with van der Waals surface area (Å²) < 4.78 is 13.3. The van der Waals surface area contributed by atoms with Crippen molar-refractivity contribution in [1.29, 1.82) is 0 Å². The van der Waals surface area contributed by atoms with Gasteiger partial charge in [-0.15, -0.1) is 0 Å². The Morgan fingerprint density at radius 1 is 1.03 bits per heavy atom. The fourth-order valence-corrected chi connectivity index (χ4v) is 3.84. The Kier molecular flexibility index (Phi) is 6.67. The highest BCUT2D eigenvalue weighted by Gasteiger charge is 2.44. The molecular weight excluding hydrogens is 383 g/mol. The van der Waals surface area contributed by atoms with Crippen molar-refractivity contribution < 1.29 is 24.0 Å². The summed E-state index contributed by atoms with van der Waals surface area (Å²) in [5, 5.41) is 13.2. The lowest BCUT2D eigenvalue weighted by atomic mass is 9.94. The van der Waals surface area contributed by atoms with E-state index in [1.807, 2.05) is 31.2 Å². The number of quaternary nitrogens is 1. The Labute approximate surface area is 176 Å². The molecule has 1 N–H and O–H groups in total. The molecule has 0 bridgehead atoms. The molecule has 30 heavy (non-hydrogen) atoms. The van der Waals surface area contributed by atoms with Gasteiger partial charge in [0.05, 0.1) is 32.2 Å². The molecule has 0 aliphatic carbocycles. The van der Waals surface area contributed by atoms with E-state index in [4.69, 9.17) is 0 Å². The quantitative estimate of drug-likeness (QED) is 0.425. The van der Waals surface area contributed by atoms with Crippen LogP contribution in [-0.2, 0) is 9.59 Å². The van der Waals surface area contributed by atoms with Crippen LogP contribution < -0.4 is 10.0 Å². The van der Waals surface area contributed by atoms with Crippen molar-refractivity contribution in [3.63, 3.8) is 0 Å². The second-order valence-corrected chi connectivity index (χ2v) is 7.60. The molecule has 2 aromatic rings. The Hall–Kier alpha value is -2.99. The van der Waals surface area contributed by atoms with Crippen LogP contribution >= 0.6 is 0 Å². The van der Waals surface area contributed by atoms with Crippen LogP contribution in [0.15, 0.2) is 54.1 Å². The number of benzene rings is 2. The molecule has 1 atom stereocenters. The Morgan fingerprint density at radius 3 is 2.20 bits per heavy atom. The molecule has 1 aliphatic heterocycles. The highest BCUT2D eigenvalue weighted by molar-refractivity contribution is 6.46. The standard InChI is InChI=1S/C24H27FN2O3/c1-4-26(5-2)14-15-27-21(17-8-6-16(3)7-9-17)20(23(29)24(27)30)22(28)18-10-12-19(25)13-11-18/h6-13,21,28H,4-5,14-15H2,1-3H3/b22-20+. The number of nitrogens with zero attached hydrogens (tertiary/aromatic N) is 1. The molecule has 1 saturated heterocycles. The predicted molar refractivity (Wildman–Crippen MR) is 111 cm³/mol. The molecule has 1 amide bonds. The third-order valence-electron chi connectivity index (χ3n) is 5.74. The van der Waals surface area contributed by atoms with Crippen molar-refractivity contribution in [3.05, 3.63) is 76.6 Å². The van der Waals surface area contributed by atoms with Gasteiger partial charge in [0.25, 0.3) is 5.91 Å². The van der Waals surface area contributed by atoms with Crippen LogP contribution in [0.5, 0.6) is 0 Å². The van der Waals surface area contributed by atoms with Crippen molar-refractivity contribution in [1.82, 2.24) is 4.90 Å². The van der Waals surface area contributed by atoms with Gasteiger partial charge in [0.15, 0.2) is 0 Å². The highest BCUT2D eigenvalue weighted by Crippen LogP contribution is 2.38. The number of hydrogen-bond acceptors (Lipinski definition) is 3. The first kappa shape index (κ1) is 21.7. The number of aryl methyl sites for hydroxylation is 1. The lowest BCUT2D eigenvalue weighted by Crippen LogP contribution is -3.12. The monoisotopic (exact) mass is 410 g/mol. The molecule has 158 valence electrons. The third-order valence-corrected chi connectivity index (χ3v) is 5.74. The van der Waals surface area contributed by atoms with Crippen LogP contribution in [0.25, 0.3) is 5.76 Å². The van der Waals surface area contributed by atoms with Crippen LogP contribution in [0, 0.1) is 12.7 Å². The number of likely N-dealkylation sites (N-methyl/N-ethyl adjacent to an activating group) is 1. The molecule has 0 aromatic heterocycles. The lowest BCUT2D eigenvalue weighted by Gasteiger charge is -2.28. The maximum Gasteiger partial charge on any atom is 0.295 e. The summed E-state index contributed by atoms with van der Waals surface area (Å²) in [7, 11) is 0. The third kappa shape index (κ3) is 4.28. The van der Waals surface area contributed by atoms with E-state index >= 15 is 0 Å². The van der Waals surface area contributed by atoms with Crippen molar-refractivity contribution in [3.8, 4) is 0 Å². The summed E-state index contributed by atoms with van der Waals surface area (Å²) in [4.78, 5) is 28.6. The molecule has 1 aliphatic rings. The van der Waals surface area contributed by atoms with Gasteiger partial charge < -0.3 is 14.9 Å². The molecule has 2 aromatic carbocycles. The predicted octanol–water partition coefficient (Wildman–Crippen LogP) is 1.28. The van der Waals surface area contributed by atoms with Crippen LogP contribution in [-0.4, -0.2) is 42.8 Å². The number of carbonyl (C=O) groups is 2. The molecule has 0 saturated carbocycles. The molecular formula is C24H27FN2O3. The van der Waals surface area contributed by atoms with E-state index in [0.717, 1.165) is 24.2 Å². The van der Waals surface area contributed by atoms with E-state index in [0.29, 0.717) is 13.1 Å². The zero-order valence-electron chi connectivity index (χ0n) is 17.6. The number of hydrogen-bond donors (Lipinski definition) is 1. The number of nitrogens with one attached hydrogen (secondary N) is 1. The molecule has 1 unspecified atom stereocenters. The number of Topliss-reactive ketones (excluding diaryl/α,β-unsaturated/α-hetero) is 1. The van der Waals surface area contributed by atoms with Gasteiger partial charge in [0.2, 0.25) is 5.78 Å². The molecule has 0 spiro atoms. The summed E-state index contributed by atoms with van der Waals surface area (Å²) in [5.74, 6) is -2.43. The van der Waals surface area contributed by atoms with Gasteiger partial charge >= 0.3 is 0 Å². The molecule has 1 fully saturated rings. The summed E-state index contributed by atoms with van der Waals surface area (Å²) in [6, 6.07) is 11.8. The first-order chi connectivity index (χ1) is 14.4. The zero-order chi connectivity index (χ0) is 21.8. The van der Waals surface area contributed by atoms with E-state index in [2.05, 4.69) is 13.8 Å².